The number of amides is 1. The highest BCUT2D eigenvalue weighted by molar-refractivity contribution is 7.09. The second kappa shape index (κ2) is 15.8. The molecule has 2 aliphatic heterocycles. The van der Waals surface area contributed by atoms with E-state index in [0.717, 1.165) is 18.4 Å². The normalized spacial score (nSPS) is 24.9. The molecule has 2 aliphatic rings. The summed E-state index contributed by atoms with van der Waals surface area (Å²) in [5, 5.41) is 63.3. The number of aromatic nitrogens is 1. The Morgan fingerprint density at radius 1 is 0.887 bits per heavy atom. The molecule has 2 saturated heterocycles. The molecule has 0 radical (unpaired) electrons. The first-order chi connectivity index (χ1) is 25.6. The van der Waals surface area contributed by atoms with Crippen molar-refractivity contribution in [1.82, 2.24) is 4.98 Å². The average molecular weight is 741 g/mol. The smallest absolute Gasteiger partial charge is 0.233 e. The van der Waals surface area contributed by atoms with E-state index in [2.05, 4.69) is 4.98 Å². The van der Waals surface area contributed by atoms with Gasteiger partial charge in [0.2, 0.25) is 5.91 Å². The molecule has 1 amide bonds. The zero-order chi connectivity index (χ0) is 37.2. The number of hydrogen-bond donors (Lipinski definition) is 6. The monoisotopic (exact) mass is 740 g/mol. The maximum absolute atomic E-state index is 13.8. The van der Waals surface area contributed by atoms with Crippen LogP contribution in [-0.4, -0.2) is 72.6 Å². The summed E-state index contributed by atoms with van der Waals surface area (Å²) in [5.74, 6) is -1.11. The molecule has 8 atom stereocenters. The lowest BCUT2D eigenvalue weighted by molar-refractivity contribution is -0.231. The van der Waals surface area contributed by atoms with Crippen LogP contribution >= 0.6 is 11.3 Å². The summed E-state index contributed by atoms with van der Waals surface area (Å²) < 4.78 is 19.3. The lowest BCUT2D eigenvalue weighted by atomic mass is 9.77. The van der Waals surface area contributed by atoms with Crippen LogP contribution in [0.5, 0.6) is 5.75 Å². The molecule has 6 N–H and O–H groups in total. The summed E-state index contributed by atoms with van der Waals surface area (Å²) >= 11 is 1.61. The Morgan fingerprint density at radius 3 is 2.34 bits per heavy atom. The number of aryl methyl sites for hydroxylation is 2. The SMILES string of the molecule is O=C1[C@H](CC[C@H](O)c2ccc(F)cc2)[C@@H](c2ccc(-c3cccc(C4O[C@H](CO)[C@@H](O)[C@H](O)[C@H]4O)c3)cc2O)N1c1ccc(CCc2cncs2)cc1. The minimum Gasteiger partial charge on any atom is -0.508 e. The van der Waals surface area contributed by atoms with Crippen LogP contribution in [0, 0.1) is 11.7 Å². The van der Waals surface area contributed by atoms with Gasteiger partial charge in [0.15, 0.2) is 0 Å². The van der Waals surface area contributed by atoms with Crippen molar-refractivity contribution < 1.29 is 44.6 Å². The molecule has 0 saturated carbocycles. The molecule has 0 aliphatic carbocycles. The van der Waals surface area contributed by atoms with Crippen LogP contribution in [0.2, 0.25) is 0 Å². The lowest BCUT2D eigenvalue weighted by Crippen LogP contribution is -2.55. The standard InChI is InChI=1S/C41H41FN2O8S/c42-28-10-7-24(8-11-28)33(46)17-16-32-36(44(41(32)51)29-12-4-23(5-13-29)6-14-30-20-43-22-53-30)31-15-9-26(19-34(31)47)25-2-1-3-27(18-25)40-39(50)38(49)37(48)35(21-45)52-40/h1-5,7-13,15,18-20,22,32-33,35-40,45-50H,6,14,16-17,21H2/t32-,33+,35-,36-,37-,38+,39-,40?/m1/s1. The summed E-state index contributed by atoms with van der Waals surface area (Å²) in [5.41, 5.74) is 6.53. The van der Waals surface area contributed by atoms with E-state index >= 15 is 0 Å². The summed E-state index contributed by atoms with van der Waals surface area (Å²) in [6, 6.07) is 25.1. The Balaban J connectivity index is 1.14. The van der Waals surface area contributed by atoms with Gasteiger partial charge in [0.1, 0.15) is 42.1 Å². The van der Waals surface area contributed by atoms with Gasteiger partial charge >= 0.3 is 0 Å². The number of hydrogen-bond acceptors (Lipinski definition) is 10. The van der Waals surface area contributed by atoms with E-state index in [1.807, 2.05) is 48.1 Å². The fraction of sp³-hybridized carbons (Fsp3) is 0.317. The number of thiazole rings is 1. The molecule has 7 rings (SSSR count). The number of carbonyl (C=O) groups excluding carboxylic acids is 1. The van der Waals surface area contributed by atoms with Crippen LogP contribution in [0.25, 0.3) is 11.1 Å². The molecule has 1 unspecified atom stereocenters. The van der Waals surface area contributed by atoms with E-state index < -0.39 is 61.0 Å². The first kappa shape index (κ1) is 36.8. The number of benzene rings is 4. The highest BCUT2D eigenvalue weighted by Gasteiger charge is 2.49. The highest BCUT2D eigenvalue weighted by atomic mass is 32.1. The summed E-state index contributed by atoms with van der Waals surface area (Å²) in [7, 11) is 0. The van der Waals surface area contributed by atoms with Gasteiger partial charge in [-0.3, -0.25) is 9.78 Å². The van der Waals surface area contributed by atoms with E-state index in [1.165, 1.54) is 29.1 Å². The number of aliphatic hydroxyl groups excluding tert-OH is 5. The van der Waals surface area contributed by atoms with Crippen molar-refractivity contribution in [3.63, 3.8) is 0 Å². The average Bonchev–Trinajstić information content (AvgIpc) is 3.70. The van der Waals surface area contributed by atoms with Gasteiger partial charge in [-0.15, -0.1) is 11.3 Å². The van der Waals surface area contributed by atoms with Gasteiger partial charge in [-0.1, -0.05) is 54.6 Å². The first-order valence-electron chi connectivity index (χ1n) is 17.6. The number of nitrogens with zero attached hydrogens (tertiary/aromatic N) is 2. The number of halogens is 1. The number of ether oxygens (including phenoxy) is 1. The van der Waals surface area contributed by atoms with Crippen LogP contribution in [0.3, 0.4) is 0 Å². The molecule has 0 bridgehead atoms. The zero-order valence-corrected chi connectivity index (χ0v) is 29.5. The van der Waals surface area contributed by atoms with Gasteiger partial charge in [0.05, 0.1) is 30.2 Å². The zero-order valence-electron chi connectivity index (χ0n) is 28.6. The number of phenolic OH excluding ortho intramolecular Hbond substituents is 1. The fourth-order valence-electron chi connectivity index (χ4n) is 7.36. The molecule has 53 heavy (non-hydrogen) atoms. The van der Waals surface area contributed by atoms with Crippen molar-refractivity contribution in [2.24, 2.45) is 5.92 Å². The second-order valence-corrected chi connectivity index (χ2v) is 14.7. The molecule has 4 aromatic carbocycles. The molecule has 3 heterocycles. The third-order valence-corrected chi connectivity index (χ3v) is 11.2. The number of rotatable bonds is 12. The van der Waals surface area contributed by atoms with E-state index in [0.29, 0.717) is 39.9 Å². The molecule has 2 fully saturated rings. The van der Waals surface area contributed by atoms with E-state index in [4.69, 9.17) is 4.74 Å². The van der Waals surface area contributed by atoms with Gasteiger partial charge in [-0.05, 0) is 89.9 Å². The van der Waals surface area contributed by atoms with E-state index in [-0.39, 0.29) is 18.1 Å². The minimum atomic E-state index is -1.52. The van der Waals surface area contributed by atoms with Crippen LogP contribution in [0.4, 0.5) is 10.1 Å². The Labute approximate surface area is 310 Å². The molecule has 12 heteroatoms. The number of aliphatic hydroxyl groups is 5. The fourth-order valence-corrected chi connectivity index (χ4v) is 7.96. The van der Waals surface area contributed by atoms with Crippen molar-refractivity contribution in [2.75, 3.05) is 11.5 Å². The number of β-lactam (4-membered cyclic amide) rings is 1. The topological polar surface area (TPSA) is 164 Å². The third-order valence-electron chi connectivity index (χ3n) is 10.4. The largest absolute Gasteiger partial charge is 0.508 e. The van der Waals surface area contributed by atoms with Gasteiger partial charge in [0.25, 0.3) is 0 Å². The van der Waals surface area contributed by atoms with E-state index in [9.17, 15) is 39.8 Å². The van der Waals surface area contributed by atoms with Crippen molar-refractivity contribution >= 4 is 22.9 Å². The predicted molar refractivity (Wildman–Crippen MR) is 197 cm³/mol. The first-order valence-corrected chi connectivity index (χ1v) is 18.5. The van der Waals surface area contributed by atoms with Crippen LogP contribution in [0.1, 0.15) is 58.2 Å². The van der Waals surface area contributed by atoms with Crippen LogP contribution in [-0.2, 0) is 22.4 Å². The molecular formula is C41H41FN2O8S. The predicted octanol–water partition coefficient (Wildman–Crippen LogP) is 5.17. The minimum absolute atomic E-state index is 0.0338. The number of carbonyl (C=O) groups is 1. The molecule has 0 spiro atoms. The van der Waals surface area contributed by atoms with Gasteiger partial charge in [-0.25, -0.2) is 4.39 Å². The third kappa shape index (κ3) is 7.62. The lowest BCUT2D eigenvalue weighted by Gasteiger charge is -2.48. The molecule has 276 valence electrons. The number of aromatic hydroxyl groups is 1. The van der Waals surface area contributed by atoms with Crippen molar-refractivity contribution in [2.45, 2.75) is 68.3 Å². The van der Waals surface area contributed by atoms with Crippen molar-refractivity contribution in [3.8, 4) is 16.9 Å². The summed E-state index contributed by atoms with van der Waals surface area (Å²) in [6.45, 7) is -0.541. The number of phenols is 1. The maximum Gasteiger partial charge on any atom is 0.233 e. The van der Waals surface area contributed by atoms with Crippen molar-refractivity contribution in [1.29, 1.82) is 0 Å². The molecule has 5 aromatic rings. The second-order valence-electron chi connectivity index (χ2n) is 13.7. The Kier molecular flexibility index (Phi) is 11.0. The van der Waals surface area contributed by atoms with E-state index in [1.54, 1.807) is 46.6 Å². The molecular weight excluding hydrogens is 700 g/mol. The van der Waals surface area contributed by atoms with Gasteiger partial charge in [-0.2, -0.15) is 0 Å². The van der Waals surface area contributed by atoms with Crippen LogP contribution in [0.15, 0.2) is 103 Å². The quantitative estimate of drug-likeness (QED) is 0.0948. The molecule has 1 aromatic heterocycles. The summed E-state index contributed by atoms with van der Waals surface area (Å²) in [6.07, 6.45) is -3.27. The number of anilines is 1. The highest BCUT2D eigenvalue weighted by Crippen LogP contribution is 2.49. The maximum atomic E-state index is 13.8. The summed E-state index contributed by atoms with van der Waals surface area (Å²) in [4.78, 5) is 20.8. The Bertz CT molecular complexity index is 2010. The van der Waals surface area contributed by atoms with Crippen LogP contribution < -0.4 is 4.90 Å². The van der Waals surface area contributed by atoms with Gasteiger partial charge < -0.3 is 40.3 Å². The van der Waals surface area contributed by atoms with Crippen molar-refractivity contribution in [3.05, 3.63) is 136 Å². The Hall–Kier alpha value is -4.53. The molecule has 10 nitrogen and oxygen atoms in total. The van der Waals surface area contributed by atoms with Gasteiger partial charge in [0, 0.05) is 22.3 Å². The Morgan fingerprint density at radius 2 is 1.64 bits per heavy atom.